The fourth-order valence-corrected chi connectivity index (χ4v) is 0.743. The van der Waals surface area contributed by atoms with E-state index in [1.807, 2.05) is 0 Å². The van der Waals surface area contributed by atoms with Gasteiger partial charge in [-0.1, -0.05) is 0 Å². The molecule has 6 heteroatoms. The van der Waals surface area contributed by atoms with Gasteiger partial charge in [-0.15, -0.1) is 0 Å². The highest BCUT2D eigenvalue weighted by Gasteiger charge is 2.26. The number of ketones is 1. The fourth-order valence-electron chi connectivity index (χ4n) is 0.743. The van der Waals surface area contributed by atoms with Crippen LogP contribution in [-0.2, 0) is 9.59 Å². The van der Waals surface area contributed by atoms with Gasteiger partial charge in [0.2, 0.25) is 0 Å². The van der Waals surface area contributed by atoms with E-state index >= 15 is 0 Å². The Morgan fingerprint density at radius 3 is 2.15 bits per heavy atom. The molecule has 0 rings (SSSR count). The molecule has 0 fully saturated rings. The summed E-state index contributed by atoms with van der Waals surface area (Å²) in [7, 11) is 0. The summed E-state index contributed by atoms with van der Waals surface area (Å²) >= 11 is 0. The van der Waals surface area contributed by atoms with E-state index in [0.717, 1.165) is 0 Å². The van der Waals surface area contributed by atoms with Crippen LogP contribution in [0.2, 0.25) is 0 Å². The smallest absolute Gasteiger partial charge is 0.389 e. The Balaban J connectivity index is 3.54. The summed E-state index contributed by atoms with van der Waals surface area (Å²) in [6.07, 6.45) is -6.68. The molecule has 0 aliphatic carbocycles. The third-order valence-electron chi connectivity index (χ3n) is 1.26. The first kappa shape index (κ1) is 11.9. The lowest BCUT2D eigenvalue weighted by Crippen LogP contribution is -2.10. The van der Waals surface area contributed by atoms with E-state index in [1.54, 1.807) is 0 Å². The highest BCUT2D eigenvalue weighted by Crippen LogP contribution is 2.22. The van der Waals surface area contributed by atoms with Crippen LogP contribution in [0.15, 0.2) is 0 Å². The van der Waals surface area contributed by atoms with Crippen LogP contribution >= 0.6 is 0 Å². The van der Waals surface area contributed by atoms with Gasteiger partial charge < -0.3 is 5.11 Å². The summed E-state index contributed by atoms with van der Waals surface area (Å²) in [5.74, 6) is -1.98. The fraction of sp³-hybridized carbons (Fsp3) is 0.714. The Labute approximate surface area is 72.5 Å². The van der Waals surface area contributed by atoms with Crippen LogP contribution in [0.1, 0.15) is 25.7 Å². The molecule has 0 heterocycles. The van der Waals surface area contributed by atoms with Crippen molar-refractivity contribution in [3.05, 3.63) is 0 Å². The minimum atomic E-state index is -4.27. The molecule has 0 saturated carbocycles. The summed E-state index contributed by atoms with van der Waals surface area (Å²) < 4.78 is 34.6. The van der Waals surface area contributed by atoms with Gasteiger partial charge in [-0.2, -0.15) is 13.2 Å². The number of rotatable bonds is 5. The number of carboxylic acid groups (broad SMARTS) is 1. The molecule has 13 heavy (non-hydrogen) atoms. The first-order valence-corrected chi connectivity index (χ1v) is 3.61. The largest absolute Gasteiger partial charge is 0.481 e. The summed E-state index contributed by atoms with van der Waals surface area (Å²) in [5.41, 5.74) is 0. The van der Waals surface area contributed by atoms with Gasteiger partial charge in [0.15, 0.2) is 0 Å². The zero-order valence-corrected chi connectivity index (χ0v) is 6.73. The molecule has 3 nitrogen and oxygen atoms in total. The molecule has 0 spiro atoms. The second-order valence-electron chi connectivity index (χ2n) is 2.58. The molecule has 1 N–H and O–H groups in total. The van der Waals surface area contributed by atoms with Gasteiger partial charge in [0.1, 0.15) is 12.2 Å². The Morgan fingerprint density at radius 2 is 1.77 bits per heavy atom. The van der Waals surface area contributed by atoms with Crippen LogP contribution in [0.3, 0.4) is 0 Å². The molecule has 0 radical (unpaired) electrons. The molecule has 0 bridgehead atoms. The Kier molecular flexibility index (Phi) is 4.44. The van der Waals surface area contributed by atoms with Crippen molar-refractivity contribution in [3.63, 3.8) is 0 Å². The average Bonchev–Trinajstić information content (AvgIpc) is 1.81. The van der Waals surface area contributed by atoms with E-state index < -0.39 is 30.8 Å². The molecule has 0 unspecified atom stereocenters. The highest BCUT2D eigenvalue weighted by atomic mass is 19.4. The highest BCUT2D eigenvalue weighted by molar-refractivity contribution is 5.94. The number of halogens is 3. The van der Waals surface area contributed by atoms with Crippen molar-refractivity contribution in [1.82, 2.24) is 0 Å². The van der Waals surface area contributed by atoms with E-state index in [9.17, 15) is 22.8 Å². The van der Waals surface area contributed by atoms with Crippen LogP contribution in [0, 0.1) is 0 Å². The molecule has 0 aromatic carbocycles. The standard InChI is InChI=1S/C7H9F3O3/c8-7(9,10)3-1-2-5(11)4-6(12)13/h1-4H2,(H,12,13). The molecule has 0 aliphatic rings. The molecule has 0 amide bonds. The van der Waals surface area contributed by atoms with Crippen LogP contribution < -0.4 is 0 Å². The van der Waals surface area contributed by atoms with Gasteiger partial charge >= 0.3 is 12.1 Å². The third kappa shape index (κ3) is 8.84. The van der Waals surface area contributed by atoms with E-state index in [0.29, 0.717) is 0 Å². The Bertz CT molecular complexity index is 198. The first-order valence-electron chi connectivity index (χ1n) is 3.61. The summed E-state index contributed by atoms with van der Waals surface area (Å²) in [4.78, 5) is 20.5. The molecule has 0 aromatic heterocycles. The van der Waals surface area contributed by atoms with Crippen molar-refractivity contribution >= 4 is 11.8 Å². The number of aliphatic carboxylic acids is 1. The van der Waals surface area contributed by atoms with Gasteiger partial charge in [-0.05, 0) is 6.42 Å². The van der Waals surface area contributed by atoms with Gasteiger partial charge in [0, 0.05) is 12.8 Å². The topological polar surface area (TPSA) is 54.4 Å². The van der Waals surface area contributed by atoms with Crippen molar-refractivity contribution in [3.8, 4) is 0 Å². The Hall–Kier alpha value is -1.07. The van der Waals surface area contributed by atoms with Gasteiger partial charge in [0.05, 0.1) is 0 Å². The van der Waals surface area contributed by atoms with Crippen molar-refractivity contribution in [2.75, 3.05) is 0 Å². The summed E-state index contributed by atoms with van der Waals surface area (Å²) in [6.45, 7) is 0. The number of carbonyl (C=O) groups is 2. The van der Waals surface area contributed by atoms with Crippen molar-refractivity contribution in [1.29, 1.82) is 0 Å². The van der Waals surface area contributed by atoms with E-state index in [2.05, 4.69) is 0 Å². The van der Waals surface area contributed by atoms with E-state index in [4.69, 9.17) is 5.11 Å². The summed E-state index contributed by atoms with van der Waals surface area (Å²) in [5, 5.41) is 8.10. The maximum Gasteiger partial charge on any atom is 0.389 e. The minimum Gasteiger partial charge on any atom is -0.481 e. The number of carbonyl (C=O) groups excluding carboxylic acids is 1. The number of carboxylic acids is 1. The van der Waals surface area contributed by atoms with Crippen LogP contribution in [0.25, 0.3) is 0 Å². The van der Waals surface area contributed by atoms with Gasteiger partial charge in [0.25, 0.3) is 0 Å². The van der Waals surface area contributed by atoms with Gasteiger partial charge in [-0.25, -0.2) is 0 Å². The lowest BCUT2D eigenvalue weighted by atomic mass is 10.1. The number of Topliss-reactive ketones (excluding diaryl/α,β-unsaturated/α-hetero) is 1. The molecule has 0 aliphatic heterocycles. The average molecular weight is 198 g/mol. The molecule has 0 atom stereocenters. The monoisotopic (exact) mass is 198 g/mol. The zero-order valence-electron chi connectivity index (χ0n) is 6.73. The normalized spacial score (nSPS) is 11.3. The SMILES string of the molecule is O=C(O)CC(=O)CCCC(F)(F)F. The second-order valence-corrected chi connectivity index (χ2v) is 2.58. The molecular formula is C7H9F3O3. The maximum absolute atomic E-state index is 11.5. The van der Waals surface area contributed by atoms with E-state index in [1.165, 1.54) is 0 Å². The van der Waals surface area contributed by atoms with Crippen LogP contribution in [0.5, 0.6) is 0 Å². The Morgan fingerprint density at radius 1 is 1.23 bits per heavy atom. The zero-order chi connectivity index (χ0) is 10.5. The number of hydrogen-bond donors (Lipinski definition) is 1. The minimum absolute atomic E-state index is 0.328. The predicted octanol–water partition coefficient (Wildman–Crippen LogP) is 1.76. The lowest BCUT2D eigenvalue weighted by Gasteiger charge is -2.03. The van der Waals surface area contributed by atoms with Crippen LogP contribution in [0.4, 0.5) is 13.2 Å². The molecule has 0 aromatic rings. The maximum atomic E-state index is 11.5. The summed E-state index contributed by atoms with van der Waals surface area (Å²) in [6, 6.07) is 0. The van der Waals surface area contributed by atoms with E-state index in [-0.39, 0.29) is 12.8 Å². The molecule has 0 saturated heterocycles. The lowest BCUT2D eigenvalue weighted by molar-refractivity contribution is -0.141. The molecule has 76 valence electrons. The quantitative estimate of drug-likeness (QED) is 0.685. The van der Waals surface area contributed by atoms with Crippen molar-refractivity contribution < 1.29 is 27.9 Å². The van der Waals surface area contributed by atoms with Gasteiger partial charge in [-0.3, -0.25) is 9.59 Å². The second kappa shape index (κ2) is 4.84. The third-order valence-corrected chi connectivity index (χ3v) is 1.26. The number of hydrogen-bond acceptors (Lipinski definition) is 2. The molecular weight excluding hydrogens is 189 g/mol. The first-order chi connectivity index (χ1) is 5.81. The van der Waals surface area contributed by atoms with Crippen LogP contribution in [-0.4, -0.2) is 23.0 Å². The van der Waals surface area contributed by atoms with Crippen molar-refractivity contribution in [2.45, 2.75) is 31.9 Å². The predicted molar refractivity (Wildman–Crippen MR) is 37.2 cm³/mol. The van der Waals surface area contributed by atoms with Crippen molar-refractivity contribution in [2.24, 2.45) is 0 Å². The number of alkyl halides is 3.